The third-order valence-corrected chi connectivity index (χ3v) is 3.77. The summed E-state index contributed by atoms with van der Waals surface area (Å²) in [5.74, 6) is 0. The molecule has 0 fully saturated rings. The third-order valence-electron chi connectivity index (χ3n) is 3.77. The van der Waals surface area contributed by atoms with Gasteiger partial charge in [-0.25, -0.2) is 0 Å². The number of rotatable bonds is 5. The number of fused-ring (bicyclic) bond motifs is 1. The summed E-state index contributed by atoms with van der Waals surface area (Å²) in [5.41, 5.74) is 3.47. The highest BCUT2D eigenvalue weighted by atomic mass is 16.5. The molecule has 0 aliphatic heterocycles. The van der Waals surface area contributed by atoms with Crippen molar-refractivity contribution in [3.63, 3.8) is 0 Å². The molecule has 0 spiro atoms. The van der Waals surface area contributed by atoms with E-state index in [0.717, 1.165) is 6.42 Å². The second-order valence-corrected chi connectivity index (χ2v) is 5.14. The molecule has 1 atom stereocenters. The fourth-order valence-corrected chi connectivity index (χ4v) is 2.66. The van der Waals surface area contributed by atoms with Gasteiger partial charge in [0.1, 0.15) is 0 Å². The van der Waals surface area contributed by atoms with Gasteiger partial charge in [0.2, 0.25) is 0 Å². The maximum atomic E-state index is 10.4. The summed E-state index contributed by atoms with van der Waals surface area (Å²) in [5, 5.41) is 10.4. The maximum Gasteiger partial charge on any atom is 0.0917 e. The number of aliphatic hydroxyl groups is 1. The van der Waals surface area contributed by atoms with Crippen LogP contribution in [-0.4, -0.2) is 24.4 Å². The highest BCUT2D eigenvalue weighted by molar-refractivity contribution is 5.35. The van der Waals surface area contributed by atoms with Crippen molar-refractivity contribution in [2.45, 2.75) is 44.6 Å². The van der Waals surface area contributed by atoms with Crippen molar-refractivity contribution in [2.24, 2.45) is 0 Å². The first kappa shape index (κ1) is 12.6. The standard InChI is InChI=1S/C15H22O2/c1-3-15(16,11-17-2)10-12-7-8-13-5-4-6-14(13)9-12/h7-9,16H,3-6,10-11H2,1-2H3. The van der Waals surface area contributed by atoms with E-state index >= 15 is 0 Å². The molecule has 1 unspecified atom stereocenters. The molecule has 1 aromatic rings. The van der Waals surface area contributed by atoms with Crippen LogP contribution in [0, 0.1) is 0 Å². The van der Waals surface area contributed by atoms with Gasteiger partial charge in [-0.2, -0.15) is 0 Å². The van der Waals surface area contributed by atoms with Gasteiger partial charge in [-0.15, -0.1) is 0 Å². The third kappa shape index (κ3) is 2.88. The molecule has 2 nitrogen and oxygen atoms in total. The fraction of sp³-hybridized carbons (Fsp3) is 0.600. The molecule has 1 N–H and O–H groups in total. The molecule has 0 heterocycles. The van der Waals surface area contributed by atoms with E-state index < -0.39 is 5.60 Å². The van der Waals surface area contributed by atoms with Gasteiger partial charge in [-0.05, 0) is 42.4 Å². The largest absolute Gasteiger partial charge is 0.387 e. The molecule has 0 saturated carbocycles. The van der Waals surface area contributed by atoms with Gasteiger partial charge >= 0.3 is 0 Å². The molecule has 1 aliphatic carbocycles. The summed E-state index contributed by atoms with van der Waals surface area (Å²) in [6.07, 6.45) is 5.08. The smallest absolute Gasteiger partial charge is 0.0917 e. The Hall–Kier alpha value is -0.860. The van der Waals surface area contributed by atoms with Crippen LogP contribution in [0.4, 0.5) is 0 Å². The molecular weight excluding hydrogens is 212 g/mol. The quantitative estimate of drug-likeness (QED) is 0.848. The van der Waals surface area contributed by atoms with Gasteiger partial charge in [0, 0.05) is 13.5 Å². The Morgan fingerprint density at radius 3 is 2.76 bits per heavy atom. The van der Waals surface area contributed by atoms with Gasteiger partial charge < -0.3 is 9.84 Å². The van der Waals surface area contributed by atoms with Gasteiger partial charge in [-0.1, -0.05) is 25.1 Å². The topological polar surface area (TPSA) is 29.5 Å². The maximum absolute atomic E-state index is 10.4. The van der Waals surface area contributed by atoms with Crippen LogP contribution in [-0.2, 0) is 24.0 Å². The summed E-state index contributed by atoms with van der Waals surface area (Å²) in [7, 11) is 1.64. The SMILES string of the molecule is CCC(O)(COC)Cc1ccc2c(c1)CCC2. The summed E-state index contributed by atoms with van der Waals surface area (Å²) >= 11 is 0. The molecule has 0 amide bonds. The van der Waals surface area contributed by atoms with Gasteiger partial charge in [0.05, 0.1) is 12.2 Å². The van der Waals surface area contributed by atoms with Crippen LogP contribution < -0.4 is 0 Å². The Morgan fingerprint density at radius 2 is 2.06 bits per heavy atom. The summed E-state index contributed by atoms with van der Waals surface area (Å²) in [6, 6.07) is 6.64. The molecule has 17 heavy (non-hydrogen) atoms. The average Bonchev–Trinajstić information content (AvgIpc) is 2.76. The van der Waals surface area contributed by atoms with E-state index in [1.165, 1.54) is 36.0 Å². The number of hydrogen-bond acceptors (Lipinski definition) is 2. The van der Waals surface area contributed by atoms with Crippen LogP contribution in [0.25, 0.3) is 0 Å². The van der Waals surface area contributed by atoms with Crippen molar-refractivity contribution in [3.8, 4) is 0 Å². The number of benzene rings is 1. The Morgan fingerprint density at radius 1 is 1.29 bits per heavy atom. The van der Waals surface area contributed by atoms with Crippen LogP contribution >= 0.6 is 0 Å². The van der Waals surface area contributed by atoms with Gasteiger partial charge in [-0.3, -0.25) is 0 Å². The van der Waals surface area contributed by atoms with Crippen molar-refractivity contribution in [1.82, 2.24) is 0 Å². The number of aryl methyl sites for hydroxylation is 2. The summed E-state index contributed by atoms with van der Waals surface area (Å²) < 4.78 is 5.11. The second kappa shape index (κ2) is 5.19. The van der Waals surface area contributed by atoms with Gasteiger partial charge in [0.25, 0.3) is 0 Å². The first-order chi connectivity index (χ1) is 8.17. The minimum Gasteiger partial charge on any atom is -0.387 e. The fourth-order valence-electron chi connectivity index (χ4n) is 2.66. The van der Waals surface area contributed by atoms with E-state index in [1.54, 1.807) is 7.11 Å². The lowest BCUT2D eigenvalue weighted by molar-refractivity contribution is -0.0333. The average molecular weight is 234 g/mol. The molecule has 94 valence electrons. The van der Waals surface area contributed by atoms with E-state index in [4.69, 9.17) is 4.74 Å². The van der Waals surface area contributed by atoms with E-state index in [9.17, 15) is 5.11 Å². The van der Waals surface area contributed by atoms with Crippen LogP contribution in [0.1, 0.15) is 36.5 Å². The second-order valence-electron chi connectivity index (χ2n) is 5.14. The van der Waals surface area contributed by atoms with E-state index in [2.05, 4.69) is 18.2 Å². The van der Waals surface area contributed by atoms with Crippen LogP contribution in [0.2, 0.25) is 0 Å². The molecule has 1 aliphatic rings. The van der Waals surface area contributed by atoms with Crippen LogP contribution in [0.15, 0.2) is 18.2 Å². The highest BCUT2D eigenvalue weighted by Gasteiger charge is 2.25. The number of methoxy groups -OCH3 is 1. The molecule has 2 rings (SSSR count). The summed E-state index contributed by atoms with van der Waals surface area (Å²) in [4.78, 5) is 0. The Bertz CT molecular complexity index is 387. The molecule has 1 aromatic carbocycles. The first-order valence-corrected chi connectivity index (χ1v) is 6.49. The number of ether oxygens (including phenoxy) is 1. The Balaban J connectivity index is 2.12. The van der Waals surface area contributed by atoms with Crippen LogP contribution in [0.3, 0.4) is 0 Å². The molecular formula is C15H22O2. The van der Waals surface area contributed by atoms with Crippen molar-refractivity contribution in [2.75, 3.05) is 13.7 Å². The van der Waals surface area contributed by atoms with Crippen molar-refractivity contribution in [1.29, 1.82) is 0 Å². The molecule has 0 saturated heterocycles. The highest BCUT2D eigenvalue weighted by Crippen LogP contribution is 2.25. The lowest BCUT2D eigenvalue weighted by atomic mass is 9.91. The van der Waals surface area contributed by atoms with E-state index in [-0.39, 0.29) is 0 Å². The predicted molar refractivity (Wildman–Crippen MR) is 69.3 cm³/mol. The first-order valence-electron chi connectivity index (χ1n) is 6.49. The zero-order chi connectivity index (χ0) is 12.3. The monoisotopic (exact) mass is 234 g/mol. The van der Waals surface area contributed by atoms with E-state index in [1.807, 2.05) is 6.92 Å². The lowest BCUT2D eigenvalue weighted by Gasteiger charge is -2.26. The zero-order valence-electron chi connectivity index (χ0n) is 10.8. The molecule has 2 heteroatoms. The van der Waals surface area contributed by atoms with E-state index in [0.29, 0.717) is 13.0 Å². The van der Waals surface area contributed by atoms with Crippen molar-refractivity contribution in [3.05, 3.63) is 34.9 Å². The van der Waals surface area contributed by atoms with Gasteiger partial charge in [0.15, 0.2) is 0 Å². The Labute approximate surface area is 104 Å². The predicted octanol–water partition coefficient (Wildman–Crippen LogP) is 2.51. The molecule has 0 bridgehead atoms. The molecule has 0 radical (unpaired) electrons. The normalized spacial score (nSPS) is 17.8. The minimum absolute atomic E-state index is 0.403. The zero-order valence-corrected chi connectivity index (χ0v) is 10.8. The minimum atomic E-state index is -0.721. The summed E-state index contributed by atoms with van der Waals surface area (Å²) in [6.45, 7) is 2.41. The number of hydrogen-bond donors (Lipinski definition) is 1. The Kier molecular flexibility index (Phi) is 3.85. The molecule has 0 aromatic heterocycles. The van der Waals surface area contributed by atoms with Crippen molar-refractivity contribution < 1.29 is 9.84 Å². The van der Waals surface area contributed by atoms with Crippen molar-refractivity contribution >= 4 is 0 Å². The van der Waals surface area contributed by atoms with Crippen LogP contribution in [0.5, 0.6) is 0 Å². The lowest BCUT2D eigenvalue weighted by Crippen LogP contribution is -2.35.